The molecular weight excluding hydrogens is 201 g/mol. The van der Waals surface area contributed by atoms with Gasteiger partial charge in [-0.15, -0.1) is 0 Å². The Bertz CT molecular complexity index is 245. The highest BCUT2D eigenvalue weighted by Gasteiger charge is 2.42. The fourth-order valence-corrected chi connectivity index (χ4v) is 1.71. The topological polar surface area (TPSA) is 119 Å². The Hall–Kier alpha value is -0.785. The van der Waals surface area contributed by atoms with Crippen molar-refractivity contribution in [3.05, 3.63) is 10.4 Å². The Morgan fingerprint density at radius 2 is 1.93 bits per heavy atom. The SMILES string of the molecule is BC[C@H]1OC(CO)[C@H](O)C(N=[N+]=[N-])C1O. The molecule has 0 aliphatic carbocycles. The van der Waals surface area contributed by atoms with E-state index >= 15 is 0 Å². The monoisotopic (exact) mass is 215 g/mol. The molecular formula is C7H14BN3O4. The van der Waals surface area contributed by atoms with Crippen molar-refractivity contribution in [2.24, 2.45) is 5.11 Å². The standard InChI is InChI=1S/C7H14BN3O4/c8-1-3-6(13)5(10-11-9)7(14)4(2-12)15-3/h3-7,12-14H,1-2,8H2/t3-,4?,5?,6?,7+/m1/s1. The van der Waals surface area contributed by atoms with E-state index < -0.39 is 30.5 Å². The summed E-state index contributed by atoms with van der Waals surface area (Å²) in [6, 6.07) is -0.967. The lowest BCUT2D eigenvalue weighted by molar-refractivity contribution is -0.182. The molecule has 0 aromatic heterocycles. The molecule has 1 fully saturated rings. The van der Waals surface area contributed by atoms with Gasteiger partial charge in [0.2, 0.25) is 0 Å². The zero-order valence-electron chi connectivity index (χ0n) is 8.39. The van der Waals surface area contributed by atoms with Crippen molar-refractivity contribution in [1.82, 2.24) is 0 Å². The number of aliphatic hydroxyl groups excluding tert-OH is 3. The molecule has 84 valence electrons. The largest absolute Gasteiger partial charge is 0.394 e. The van der Waals surface area contributed by atoms with Crippen molar-refractivity contribution in [2.45, 2.75) is 36.8 Å². The highest BCUT2D eigenvalue weighted by Crippen LogP contribution is 2.24. The fraction of sp³-hybridized carbons (Fsp3) is 1.00. The van der Waals surface area contributed by atoms with Crippen LogP contribution in [0.4, 0.5) is 0 Å². The Morgan fingerprint density at radius 3 is 2.40 bits per heavy atom. The summed E-state index contributed by atoms with van der Waals surface area (Å²) in [5.41, 5.74) is 8.30. The molecule has 0 amide bonds. The van der Waals surface area contributed by atoms with Gasteiger partial charge in [-0.1, -0.05) is 11.4 Å². The number of nitrogens with zero attached hydrogens (tertiary/aromatic N) is 3. The first-order valence-corrected chi connectivity index (χ1v) is 4.82. The van der Waals surface area contributed by atoms with Crippen LogP contribution in [-0.2, 0) is 4.74 Å². The zero-order chi connectivity index (χ0) is 11.4. The second kappa shape index (κ2) is 5.34. The third kappa shape index (κ3) is 2.42. The first-order chi connectivity index (χ1) is 7.15. The van der Waals surface area contributed by atoms with Gasteiger partial charge in [0.1, 0.15) is 14.0 Å². The maximum Gasteiger partial charge on any atom is 0.107 e. The third-order valence-corrected chi connectivity index (χ3v) is 2.58. The van der Waals surface area contributed by atoms with Crippen LogP contribution in [0.3, 0.4) is 0 Å². The molecule has 1 aliphatic rings. The van der Waals surface area contributed by atoms with Crippen LogP contribution in [0, 0.1) is 0 Å². The predicted molar refractivity (Wildman–Crippen MR) is 54.0 cm³/mol. The van der Waals surface area contributed by atoms with Crippen LogP contribution in [0.1, 0.15) is 0 Å². The Labute approximate surface area is 87.7 Å². The average molecular weight is 215 g/mol. The lowest BCUT2D eigenvalue weighted by Crippen LogP contribution is -2.57. The van der Waals surface area contributed by atoms with E-state index in [0.29, 0.717) is 6.32 Å². The van der Waals surface area contributed by atoms with Crippen LogP contribution < -0.4 is 0 Å². The molecule has 5 atom stereocenters. The van der Waals surface area contributed by atoms with Gasteiger partial charge in [0.05, 0.1) is 31.0 Å². The molecule has 0 saturated carbocycles. The maximum absolute atomic E-state index is 9.71. The first-order valence-electron chi connectivity index (χ1n) is 4.82. The summed E-state index contributed by atoms with van der Waals surface area (Å²) < 4.78 is 5.25. The average Bonchev–Trinajstić information content (AvgIpc) is 2.25. The van der Waals surface area contributed by atoms with Gasteiger partial charge in [0, 0.05) is 4.91 Å². The van der Waals surface area contributed by atoms with E-state index in [1.165, 1.54) is 0 Å². The van der Waals surface area contributed by atoms with Gasteiger partial charge in [0.15, 0.2) is 0 Å². The molecule has 0 aromatic carbocycles. The van der Waals surface area contributed by atoms with Crippen LogP contribution in [-0.4, -0.2) is 60.2 Å². The Morgan fingerprint density at radius 1 is 1.33 bits per heavy atom. The first kappa shape index (κ1) is 12.3. The van der Waals surface area contributed by atoms with Crippen LogP contribution in [0.15, 0.2) is 5.11 Å². The smallest absolute Gasteiger partial charge is 0.107 e. The van der Waals surface area contributed by atoms with Gasteiger partial charge < -0.3 is 20.1 Å². The van der Waals surface area contributed by atoms with Gasteiger partial charge in [-0.05, 0) is 5.53 Å². The molecule has 7 nitrogen and oxygen atoms in total. The summed E-state index contributed by atoms with van der Waals surface area (Å²) in [4.78, 5) is 2.57. The molecule has 0 aromatic rings. The maximum atomic E-state index is 9.71. The number of aliphatic hydroxyl groups is 3. The molecule has 3 unspecified atom stereocenters. The lowest BCUT2D eigenvalue weighted by atomic mass is 9.86. The van der Waals surface area contributed by atoms with E-state index in [4.69, 9.17) is 15.4 Å². The second-order valence-electron chi connectivity index (χ2n) is 3.48. The van der Waals surface area contributed by atoms with E-state index in [2.05, 4.69) is 10.0 Å². The van der Waals surface area contributed by atoms with E-state index in [1.807, 2.05) is 0 Å². The Balaban J connectivity index is 2.85. The van der Waals surface area contributed by atoms with E-state index in [0.717, 1.165) is 0 Å². The van der Waals surface area contributed by atoms with Gasteiger partial charge in [-0.2, -0.15) is 0 Å². The number of hydrogen-bond donors (Lipinski definition) is 3. The van der Waals surface area contributed by atoms with E-state index in [1.54, 1.807) is 7.85 Å². The molecule has 1 rings (SSSR count). The van der Waals surface area contributed by atoms with Gasteiger partial charge in [-0.3, -0.25) is 0 Å². The van der Waals surface area contributed by atoms with Crippen LogP contribution in [0.2, 0.25) is 6.32 Å². The third-order valence-electron chi connectivity index (χ3n) is 2.58. The molecule has 1 saturated heterocycles. The summed E-state index contributed by atoms with van der Waals surface area (Å²) in [6.45, 7) is -0.373. The molecule has 1 heterocycles. The van der Waals surface area contributed by atoms with Gasteiger partial charge >= 0.3 is 0 Å². The van der Waals surface area contributed by atoms with Crippen molar-refractivity contribution in [3.63, 3.8) is 0 Å². The second-order valence-corrected chi connectivity index (χ2v) is 3.48. The number of azide groups is 1. The minimum atomic E-state index is -1.18. The molecule has 0 spiro atoms. The molecule has 15 heavy (non-hydrogen) atoms. The van der Waals surface area contributed by atoms with Crippen molar-refractivity contribution in [2.75, 3.05) is 6.61 Å². The van der Waals surface area contributed by atoms with Gasteiger partial charge in [0.25, 0.3) is 0 Å². The predicted octanol–water partition coefficient (Wildman–Crippen LogP) is -1.80. The quantitative estimate of drug-likeness (QED) is 0.222. The summed E-state index contributed by atoms with van der Waals surface area (Å²) in [5, 5.41) is 31.6. The normalized spacial score (nSPS) is 40.9. The number of ether oxygens (including phenoxy) is 1. The minimum Gasteiger partial charge on any atom is -0.394 e. The van der Waals surface area contributed by atoms with Crippen molar-refractivity contribution < 1.29 is 20.1 Å². The van der Waals surface area contributed by atoms with Crippen molar-refractivity contribution in [3.8, 4) is 0 Å². The fourth-order valence-electron chi connectivity index (χ4n) is 1.71. The summed E-state index contributed by atoms with van der Waals surface area (Å²) in [5.74, 6) is 0. The van der Waals surface area contributed by atoms with E-state index in [-0.39, 0.29) is 6.61 Å². The molecule has 0 radical (unpaired) electrons. The van der Waals surface area contributed by atoms with Crippen LogP contribution in [0.5, 0.6) is 0 Å². The summed E-state index contributed by atoms with van der Waals surface area (Å²) in [7, 11) is 1.80. The highest BCUT2D eigenvalue weighted by atomic mass is 16.5. The number of hydrogen-bond acceptors (Lipinski definition) is 5. The molecule has 3 N–H and O–H groups in total. The summed E-state index contributed by atoms with van der Waals surface area (Å²) >= 11 is 0. The molecule has 1 aliphatic heterocycles. The van der Waals surface area contributed by atoms with Crippen molar-refractivity contribution >= 4 is 7.85 Å². The van der Waals surface area contributed by atoms with E-state index in [9.17, 15) is 10.2 Å². The van der Waals surface area contributed by atoms with Crippen molar-refractivity contribution in [1.29, 1.82) is 0 Å². The molecule has 0 bridgehead atoms. The number of rotatable bonds is 3. The van der Waals surface area contributed by atoms with Gasteiger partial charge in [-0.25, -0.2) is 0 Å². The minimum absolute atomic E-state index is 0.373. The Kier molecular flexibility index (Phi) is 4.37. The van der Waals surface area contributed by atoms with Crippen LogP contribution in [0.25, 0.3) is 10.4 Å². The highest BCUT2D eigenvalue weighted by molar-refractivity contribution is 6.08. The summed E-state index contributed by atoms with van der Waals surface area (Å²) in [6.07, 6.45) is -3.04. The molecule has 8 heteroatoms. The van der Waals surface area contributed by atoms with Crippen LogP contribution >= 0.6 is 0 Å². The zero-order valence-corrected chi connectivity index (χ0v) is 8.39. The lowest BCUT2D eigenvalue weighted by Gasteiger charge is -2.40.